The van der Waals surface area contributed by atoms with E-state index < -0.39 is 64.2 Å². The molecule has 0 saturated carbocycles. The summed E-state index contributed by atoms with van der Waals surface area (Å²) in [5.74, 6) is -4.20. The van der Waals surface area contributed by atoms with Crippen molar-refractivity contribution in [2.75, 3.05) is 0 Å². The molecule has 11 heteroatoms. The van der Waals surface area contributed by atoms with Gasteiger partial charge in [-0.15, -0.1) is 0 Å². The molecule has 0 aromatic carbocycles. The van der Waals surface area contributed by atoms with Crippen LogP contribution in [0, 0.1) is 23.7 Å². The fraction of sp³-hybridized carbons (Fsp3) is 0.789. The largest absolute Gasteiger partial charge is 0.479 e. The number of unbranched alkanes of at least 4 members (excludes halogenated alkanes) is 6. The zero-order valence-electron chi connectivity index (χ0n) is 29.9. The summed E-state index contributed by atoms with van der Waals surface area (Å²) in [5, 5.41) is 48.2. The van der Waals surface area contributed by atoms with Crippen LogP contribution in [-0.2, 0) is 23.9 Å². The maximum absolute atomic E-state index is 12.6. The second-order valence-electron chi connectivity index (χ2n) is 15.3. The summed E-state index contributed by atoms with van der Waals surface area (Å²) < 4.78 is 5.50. The van der Waals surface area contributed by atoms with E-state index in [1.54, 1.807) is 6.08 Å². The Morgan fingerprint density at radius 1 is 0.816 bits per heavy atom. The SMILES string of the molecule is CCCCCC[C@H]1C(=O)N[C@@]2([C@@H](O)[C@@H]3C=CCCC3)C(=O)O[C@@]12C.CCCCCC[C@H]1C(=O)N[C@](C(=O)O)([C@@H](O)[C@@H]2C=CCCC2)[C@@]1(C)O. The molecule has 3 fully saturated rings. The van der Waals surface area contributed by atoms with Crippen LogP contribution in [0.5, 0.6) is 0 Å². The van der Waals surface area contributed by atoms with Crippen molar-refractivity contribution in [2.24, 2.45) is 23.7 Å². The fourth-order valence-corrected chi connectivity index (χ4v) is 8.97. The Bertz CT molecular complexity index is 1270. The van der Waals surface area contributed by atoms with E-state index in [1.807, 2.05) is 25.2 Å². The van der Waals surface area contributed by atoms with Gasteiger partial charge in [0.25, 0.3) is 0 Å². The van der Waals surface area contributed by atoms with Crippen LogP contribution in [0.1, 0.15) is 130 Å². The number of aliphatic hydroxyl groups excluding tert-OH is 2. The van der Waals surface area contributed by atoms with Crippen LogP contribution in [0.3, 0.4) is 0 Å². The van der Waals surface area contributed by atoms with Gasteiger partial charge in [0.1, 0.15) is 5.60 Å². The lowest BCUT2D eigenvalue weighted by molar-refractivity contribution is -0.238. The van der Waals surface area contributed by atoms with Crippen LogP contribution in [0.15, 0.2) is 24.3 Å². The second-order valence-corrected chi connectivity index (χ2v) is 15.3. The minimum atomic E-state index is -2.08. The number of fused-ring (bicyclic) bond motifs is 1. The molecule has 10 atom stereocenters. The third kappa shape index (κ3) is 6.96. The molecule has 3 heterocycles. The molecule has 276 valence electrons. The third-order valence-electron chi connectivity index (χ3n) is 12.1. The molecule has 0 spiro atoms. The summed E-state index contributed by atoms with van der Waals surface area (Å²) in [7, 11) is 0. The lowest BCUT2D eigenvalue weighted by Crippen LogP contribution is -2.80. The van der Waals surface area contributed by atoms with Gasteiger partial charge >= 0.3 is 11.9 Å². The Morgan fingerprint density at radius 2 is 1.33 bits per heavy atom. The van der Waals surface area contributed by atoms with E-state index in [1.165, 1.54) is 6.92 Å². The van der Waals surface area contributed by atoms with E-state index in [4.69, 9.17) is 4.74 Å². The number of carbonyl (C=O) groups is 4. The molecule has 5 rings (SSSR count). The standard InChI is InChI=1S/C19H31NO5.C19H29NO4/c1-3-4-5-9-12-14-16(22)20-19(17(23)24,18(14,2)25)15(21)13-10-7-6-8-11-13;1-3-4-5-9-12-14-16(22)20-19(17(23)24-18(14,19)2)15(21)13-10-7-6-8-11-13/h7,10,13-15,21,25H,3-6,8-9,11-12H2,1-2H3,(H,20,22)(H,23,24);7,10,13-15,21H,3-6,8-9,11-12H2,1-2H3,(H,20,22)/t2*13-,14+,15+,18+,19+/m11/s1. The van der Waals surface area contributed by atoms with Crippen molar-refractivity contribution in [1.29, 1.82) is 0 Å². The Morgan fingerprint density at radius 3 is 1.80 bits per heavy atom. The summed E-state index contributed by atoms with van der Waals surface area (Å²) in [5.41, 5.74) is -6.14. The number of aliphatic carboxylic acids is 1. The molecule has 3 saturated heterocycles. The van der Waals surface area contributed by atoms with Crippen LogP contribution in [0.2, 0.25) is 0 Å². The number of nitrogens with one attached hydrogen (secondary N) is 2. The van der Waals surface area contributed by atoms with Crippen molar-refractivity contribution in [3.63, 3.8) is 0 Å². The van der Waals surface area contributed by atoms with Gasteiger partial charge in [0, 0.05) is 11.8 Å². The summed E-state index contributed by atoms with van der Waals surface area (Å²) in [6, 6.07) is 0. The van der Waals surface area contributed by atoms with E-state index in [0.29, 0.717) is 19.3 Å². The Hall–Kier alpha value is -2.76. The van der Waals surface area contributed by atoms with Crippen molar-refractivity contribution >= 4 is 23.8 Å². The zero-order chi connectivity index (χ0) is 36.0. The molecule has 2 amide bonds. The smallest absolute Gasteiger partial charge is 0.339 e. The second kappa shape index (κ2) is 16.1. The number of hydrogen-bond acceptors (Lipinski definition) is 8. The molecule has 0 aromatic heterocycles. The number of aliphatic hydroxyl groups is 3. The maximum atomic E-state index is 12.6. The number of esters is 1. The summed E-state index contributed by atoms with van der Waals surface area (Å²) in [4.78, 5) is 49.6. The molecule has 0 unspecified atom stereocenters. The molecule has 49 heavy (non-hydrogen) atoms. The molecule has 6 N–H and O–H groups in total. The first-order chi connectivity index (χ1) is 23.3. The van der Waals surface area contributed by atoms with Gasteiger partial charge in [-0.1, -0.05) is 89.5 Å². The lowest BCUT2D eigenvalue weighted by atomic mass is 9.64. The topological polar surface area (TPSA) is 182 Å². The molecule has 0 radical (unpaired) electrons. The molecular formula is C38H60N2O9. The summed E-state index contributed by atoms with van der Waals surface area (Å²) in [6.07, 6.45) is 19.9. The van der Waals surface area contributed by atoms with Crippen LogP contribution in [0.25, 0.3) is 0 Å². The molecule has 2 aliphatic carbocycles. The van der Waals surface area contributed by atoms with E-state index >= 15 is 0 Å². The summed E-state index contributed by atoms with van der Waals surface area (Å²) >= 11 is 0. The van der Waals surface area contributed by atoms with Crippen LogP contribution < -0.4 is 10.6 Å². The predicted molar refractivity (Wildman–Crippen MR) is 184 cm³/mol. The maximum Gasteiger partial charge on any atom is 0.339 e. The first-order valence-electron chi connectivity index (χ1n) is 18.8. The predicted octanol–water partition coefficient (Wildman–Crippen LogP) is 4.47. The van der Waals surface area contributed by atoms with E-state index in [2.05, 4.69) is 24.5 Å². The number of carboxylic acids is 1. The van der Waals surface area contributed by atoms with E-state index in [-0.39, 0.29) is 17.7 Å². The van der Waals surface area contributed by atoms with Crippen molar-refractivity contribution < 1.29 is 44.3 Å². The molecule has 0 aromatic rings. The average molecular weight is 689 g/mol. The fourth-order valence-electron chi connectivity index (χ4n) is 8.97. The Balaban J connectivity index is 0.000000221. The van der Waals surface area contributed by atoms with Crippen LogP contribution >= 0.6 is 0 Å². The highest BCUT2D eigenvalue weighted by Crippen LogP contribution is 2.54. The third-order valence-corrected chi connectivity index (χ3v) is 12.1. The highest BCUT2D eigenvalue weighted by molar-refractivity contribution is 6.02. The first kappa shape index (κ1) is 39.0. The average Bonchev–Trinajstić information content (AvgIpc) is 3.40. The van der Waals surface area contributed by atoms with Crippen LogP contribution in [-0.4, -0.2) is 78.7 Å². The Kier molecular flexibility index (Phi) is 12.8. The Labute approximate surface area is 291 Å². The van der Waals surface area contributed by atoms with Gasteiger partial charge in [0.2, 0.25) is 17.4 Å². The molecular weight excluding hydrogens is 628 g/mol. The van der Waals surface area contributed by atoms with Crippen molar-refractivity contribution in [3.8, 4) is 0 Å². The zero-order valence-corrected chi connectivity index (χ0v) is 29.9. The molecule has 0 bridgehead atoms. The summed E-state index contributed by atoms with van der Waals surface area (Å²) in [6.45, 7) is 7.42. The van der Waals surface area contributed by atoms with Gasteiger partial charge in [-0.25, -0.2) is 9.59 Å². The highest BCUT2D eigenvalue weighted by Gasteiger charge is 2.79. The van der Waals surface area contributed by atoms with E-state index in [9.17, 15) is 39.6 Å². The van der Waals surface area contributed by atoms with Crippen molar-refractivity contribution in [3.05, 3.63) is 24.3 Å². The number of allylic oxidation sites excluding steroid dienone is 2. The number of carbonyl (C=O) groups excluding carboxylic acids is 3. The molecule has 11 nitrogen and oxygen atoms in total. The number of carboxylic acid groups (broad SMARTS) is 1. The van der Waals surface area contributed by atoms with Crippen molar-refractivity contribution in [1.82, 2.24) is 10.6 Å². The van der Waals surface area contributed by atoms with Gasteiger partial charge < -0.3 is 35.8 Å². The minimum absolute atomic E-state index is 0.106. The van der Waals surface area contributed by atoms with Gasteiger partial charge in [-0.2, -0.15) is 0 Å². The molecule has 5 aliphatic rings. The number of amides is 2. The first-order valence-corrected chi connectivity index (χ1v) is 18.8. The van der Waals surface area contributed by atoms with Crippen molar-refractivity contribution in [2.45, 2.75) is 165 Å². The number of ether oxygens (including phenoxy) is 1. The van der Waals surface area contributed by atoms with Crippen LogP contribution in [0.4, 0.5) is 0 Å². The normalized spacial score (nSPS) is 37.6. The van der Waals surface area contributed by atoms with Gasteiger partial charge in [-0.3, -0.25) is 9.59 Å². The minimum Gasteiger partial charge on any atom is -0.479 e. The monoisotopic (exact) mass is 688 g/mol. The molecule has 3 aliphatic heterocycles. The van der Waals surface area contributed by atoms with E-state index in [0.717, 1.165) is 83.5 Å². The van der Waals surface area contributed by atoms with Gasteiger partial charge in [-0.05, 0) is 65.2 Å². The van der Waals surface area contributed by atoms with Gasteiger partial charge in [0.05, 0.1) is 24.0 Å². The quantitative estimate of drug-likeness (QED) is 0.0822. The lowest BCUT2D eigenvalue weighted by Gasteiger charge is -2.54. The number of rotatable bonds is 15. The number of hydrogen-bond donors (Lipinski definition) is 6. The van der Waals surface area contributed by atoms with Gasteiger partial charge in [0.15, 0.2) is 11.1 Å². The highest BCUT2D eigenvalue weighted by atomic mass is 16.6.